The van der Waals surface area contributed by atoms with E-state index >= 15 is 0 Å². The minimum atomic E-state index is -3.99. The number of amides is 2. The van der Waals surface area contributed by atoms with Crippen molar-refractivity contribution < 1.29 is 27.2 Å². The average Bonchev–Trinajstić information content (AvgIpc) is 3.85. The van der Waals surface area contributed by atoms with E-state index in [4.69, 9.17) is 25.7 Å². The van der Waals surface area contributed by atoms with Crippen molar-refractivity contribution in [1.29, 1.82) is 0 Å². The first-order valence-electron chi connectivity index (χ1n) is 19.6. The van der Waals surface area contributed by atoms with Crippen LogP contribution in [0.4, 0.5) is 0 Å². The summed E-state index contributed by atoms with van der Waals surface area (Å²) in [4.78, 5) is 40.5. The number of halogens is 1. The summed E-state index contributed by atoms with van der Waals surface area (Å²) in [6.45, 7) is 8.78. The molecular formula is C42H48ClN5O6S2Si. The highest BCUT2D eigenvalue weighted by atomic mass is 35.5. The normalized spacial score (nSPS) is 19.8. The van der Waals surface area contributed by atoms with Gasteiger partial charge in [-0.1, -0.05) is 93.0 Å². The van der Waals surface area contributed by atoms with Crippen molar-refractivity contribution in [2.75, 3.05) is 45.9 Å². The minimum absolute atomic E-state index is 0.0143. The smallest absolute Gasteiger partial charge is 0.283 e. The Morgan fingerprint density at radius 1 is 0.965 bits per heavy atom. The molecule has 2 amide bonds. The summed E-state index contributed by atoms with van der Waals surface area (Å²) in [7, 11) is -6.79. The van der Waals surface area contributed by atoms with Crippen molar-refractivity contribution in [3.05, 3.63) is 106 Å². The van der Waals surface area contributed by atoms with Gasteiger partial charge in [0.25, 0.3) is 24.2 Å². The van der Waals surface area contributed by atoms with Crippen LogP contribution in [0, 0.1) is 0 Å². The van der Waals surface area contributed by atoms with Gasteiger partial charge in [-0.15, -0.1) is 11.3 Å². The number of fused-ring (bicyclic) bond motifs is 2. The highest BCUT2D eigenvalue weighted by Gasteiger charge is 2.52. The molecule has 3 aromatic carbocycles. The molecule has 2 atom stereocenters. The number of benzene rings is 3. The fraction of sp³-hybridized carbons (Fsp3) is 0.405. The first kappa shape index (κ1) is 39.9. The molecule has 0 bridgehead atoms. The molecular weight excluding hydrogens is 798 g/mol. The third-order valence-corrected chi connectivity index (χ3v) is 19.7. The third-order valence-electron chi connectivity index (χ3n) is 11.5. The zero-order chi connectivity index (χ0) is 40.0. The van der Waals surface area contributed by atoms with Crippen LogP contribution in [0.25, 0.3) is 10.9 Å². The highest BCUT2D eigenvalue weighted by molar-refractivity contribution is 7.89. The summed E-state index contributed by atoms with van der Waals surface area (Å²) < 4.78 is 42.4. The molecule has 0 spiro atoms. The lowest BCUT2D eigenvalue weighted by Crippen LogP contribution is -2.68. The number of nitrogens with zero attached hydrogens (tertiary/aromatic N) is 4. The number of hydrogen-bond donors (Lipinski definition) is 1. The summed E-state index contributed by atoms with van der Waals surface area (Å²) in [5.41, 5.74) is 1.56. The Bertz CT molecular complexity index is 2320. The van der Waals surface area contributed by atoms with Gasteiger partial charge in [-0.05, 0) is 52.5 Å². The lowest BCUT2D eigenvalue weighted by molar-refractivity contribution is -0.136. The zero-order valence-electron chi connectivity index (χ0n) is 32.4. The largest absolute Gasteiger partial charge is 0.404 e. The number of aryl methyl sites for hydroxylation is 1. The Morgan fingerprint density at radius 2 is 1.65 bits per heavy atom. The van der Waals surface area contributed by atoms with Gasteiger partial charge in [-0.3, -0.25) is 9.59 Å². The molecule has 2 unspecified atom stereocenters. The molecule has 1 N–H and O–H groups in total. The lowest BCUT2D eigenvalue weighted by atomic mass is 10.0. The standard InChI is InChI=1S/C42H48ClN5O6S2Si/c1-42(2,3)57(33-10-6-4-7-11-33,34-12-8-5-9-13-34)54-32-15-17-36-37(27-32)55-40(45-36)41(50)48-19-18-47(28-31(48)26-39(49)46-20-22-53-23-21-46)56(51,52)38-25-29-24-30(43)14-16-35(29)44-38/h4-14,16,24-25,31-32,44H,15,17-23,26-28H2,1-3H3. The second-order valence-electron chi connectivity index (χ2n) is 16.1. The SMILES string of the molecule is CC(C)(C)[Si](OC1CCc2nc(C(=O)N3CCN(S(=O)(=O)c4cc5cc(Cl)ccc5[nH]4)CC3CC(=O)N3CCOCC3)sc2C1)(c1ccccc1)c1ccccc1. The third kappa shape index (κ3) is 7.85. The van der Waals surface area contributed by atoms with E-state index in [1.54, 1.807) is 34.1 Å². The molecule has 5 aromatic rings. The van der Waals surface area contributed by atoms with Crippen LogP contribution >= 0.6 is 22.9 Å². The summed E-state index contributed by atoms with van der Waals surface area (Å²) >= 11 is 7.58. The number of sulfonamides is 1. The molecule has 300 valence electrons. The minimum Gasteiger partial charge on any atom is -0.404 e. The van der Waals surface area contributed by atoms with E-state index in [2.05, 4.69) is 74.3 Å². The van der Waals surface area contributed by atoms with Crippen LogP contribution in [-0.4, -0.2) is 111 Å². The maximum absolute atomic E-state index is 14.5. The number of thiazole rings is 1. The summed E-state index contributed by atoms with van der Waals surface area (Å²) in [6.07, 6.45) is 2.02. The molecule has 2 aliphatic heterocycles. The summed E-state index contributed by atoms with van der Waals surface area (Å²) in [5, 5.41) is 3.87. The van der Waals surface area contributed by atoms with Crippen molar-refractivity contribution in [2.45, 2.75) is 68.7 Å². The number of ether oxygens (including phenoxy) is 1. The molecule has 4 heterocycles. The molecule has 2 aromatic heterocycles. The maximum atomic E-state index is 14.5. The number of aromatic amines is 1. The van der Waals surface area contributed by atoms with Crippen molar-refractivity contribution in [3.63, 3.8) is 0 Å². The molecule has 2 saturated heterocycles. The Balaban J connectivity index is 1.05. The van der Waals surface area contributed by atoms with Crippen LogP contribution in [0.15, 0.2) is 90.0 Å². The Hall–Kier alpha value is -3.89. The van der Waals surface area contributed by atoms with Gasteiger partial charge < -0.3 is 23.9 Å². The maximum Gasteiger partial charge on any atom is 0.283 e. The van der Waals surface area contributed by atoms with Gasteiger partial charge >= 0.3 is 0 Å². The Kier molecular flexibility index (Phi) is 11.2. The van der Waals surface area contributed by atoms with Gasteiger partial charge in [0.1, 0.15) is 5.03 Å². The number of rotatable bonds is 9. The van der Waals surface area contributed by atoms with Crippen LogP contribution in [-0.2, 0) is 36.8 Å². The van der Waals surface area contributed by atoms with E-state index in [0.29, 0.717) is 60.1 Å². The van der Waals surface area contributed by atoms with Crippen LogP contribution in [0.1, 0.15) is 54.0 Å². The zero-order valence-corrected chi connectivity index (χ0v) is 35.8. The number of carbonyl (C=O) groups is 2. The number of hydrogen-bond acceptors (Lipinski definition) is 8. The second kappa shape index (κ2) is 16.0. The fourth-order valence-electron chi connectivity index (χ4n) is 8.59. The van der Waals surface area contributed by atoms with Crippen LogP contribution in [0.2, 0.25) is 10.1 Å². The van der Waals surface area contributed by atoms with Gasteiger partial charge in [0, 0.05) is 66.4 Å². The molecule has 0 radical (unpaired) electrons. The van der Waals surface area contributed by atoms with Crippen LogP contribution in [0.3, 0.4) is 0 Å². The monoisotopic (exact) mass is 845 g/mol. The number of H-pyrrole nitrogens is 1. The molecule has 3 aliphatic rings. The molecule has 0 saturated carbocycles. The predicted molar refractivity (Wildman–Crippen MR) is 226 cm³/mol. The first-order valence-corrected chi connectivity index (χ1v) is 24.1. The molecule has 1 aliphatic carbocycles. The van der Waals surface area contributed by atoms with E-state index in [9.17, 15) is 18.0 Å². The average molecular weight is 847 g/mol. The molecule has 57 heavy (non-hydrogen) atoms. The van der Waals surface area contributed by atoms with E-state index in [-0.39, 0.29) is 54.0 Å². The predicted octanol–water partition coefficient (Wildman–Crippen LogP) is 5.48. The number of aromatic nitrogens is 2. The van der Waals surface area contributed by atoms with E-state index in [1.165, 1.54) is 26.0 Å². The molecule has 15 heteroatoms. The second-order valence-corrected chi connectivity index (χ2v) is 23.8. The fourth-order valence-corrected chi connectivity index (χ4v) is 16.1. The molecule has 8 rings (SSSR count). The van der Waals surface area contributed by atoms with Crippen molar-refractivity contribution in [1.82, 2.24) is 24.1 Å². The van der Waals surface area contributed by atoms with Gasteiger partial charge in [-0.25, -0.2) is 13.4 Å². The van der Waals surface area contributed by atoms with E-state index in [0.717, 1.165) is 17.0 Å². The van der Waals surface area contributed by atoms with E-state index < -0.39 is 24.4 Å². The summed E-state index contributed by atoms with van der Waals surface area (Å²) in [6, 6.07) is 27.3. The van der Waals surface area contributed by atoms with E-state index in [1.807, 2.05) is 12.1 Å². The van der Waals surface area contributed by atoms with Gasteiger partial charge in [0.15, 0.2) is 5.01 Å². The number of morpholine rings is 1. The number of carbonyl (C=O) groups excluding carboxylic acids is 2. The number of nitrogens with one attached hydrogen (secondary N) is 1. The quantitative estimate of drug-likeness (QED) is 0.195. The van der Waals surface area contributed by atoms with Gasteiger partial charge in [-0.2, -0.15) is 4.31 Å². The number of piperazine rings is 1. The Labute approximate surface area is 344 Å². The van der Waals surface area contributed by atoms with Crippen LogP contribution in [0.5, 0.6) is 0 Å². The topological polar surface area (TPSA) is 125 Å². The van der Waals surface area contributed by atoms with Crippen molar-refractivity contribution >= 4 is 74.4 Å². The van der Waals surface area contributed by atoms with Crippen LogP contribution < -0.4 is 10.4 Å². The molecule has 11 nitrogen and oxygen atoms in total. The summed E-state index contributed by atoms with van der Waals surface area (Å²) in [5.74, 6) is -0.418. The van der Waals surface area contributed by atoms with Gasteiger partial charge in [0.05, 0.1) is 31.1 Å². The highest BCUT2D eigenvalue weighted by Crippen LogP contribution is 2.40. The van der Waals surface area contributed by atoms with Crippen molar-refractivity contribution in [2.24, 2.45) is 0 Å². The lowest BCUT2D eigenvalue weighted by Gasteiger charge is -2.45. The Morgan fingerprint density at radius 3 is 2.32 bits per heavy atom. The first-order chi connectivity index (χ1) is 27.3. The van der Waals surface area contributed by atoms with Crippen molar-refractivity contribution in [3.8, 4) is 0 Å². The molecule has 2 fully saturated rings. The van der Waals surface area contributed by atoms with Gasteiger partial charge in [0.2, 0.25) is 5.91 Å².